The minimum Gasteiger partial charge on any atom is -0.369 e. The first-order chi connectivity index (χ1) is 8.98. The van der Waals surface area contributed by atoms with Crippen LogP contribution in [0.4, 0.5) is 5.95 Å². The van der Waals surface area contributed by atoms with Crippen LogP contribution in [-0.2, 0) is 20.0 Å². The maximum absolute atomic E-state index is 6.14. The standard InChI is InChI=1S/C14H23N5/c1-5-10-11-12(18(4)17-10)19(13(15)16-11)8-14(6-7-14)9(2)3/h9H,5-8H2,1-4H3,(H2,15,16). The molecule has 1 saturated carbocycles. The van der Waals surface area contributed by atoms with E-state index in [-0.39, 0.29) is 0 Å². The summed E-state index contributed by atoms with van der Waals surface area (Å²) in [4.78, 5) is 4.53. The molecule has 3 rings (SSSR count). The van der Waals surface area contributed by atoms with Crippen LogP contribution < -0.4 is 5.73 Å². The summed E-state index contributed by atoms with van der Waals surface area (Å²) in [6.45, 7) is 7.68. The third kappa shape index (κ3) is 1.75. The van der Waals surface area contributed by atoms with Crippen LogP contribution in [0.2, 0.25) is 0 Å². The molecule has 5 nitrogen and oxygen atoms in total. The molecule has 0 aliphatic heterocycles. The number of hydrogen-bond donors (Lipinski definition) is 1. The molecule has 0 saturated heterocycles. The Labute approximate surface area is 113 Å². The summed E-state index contributed by atoms with van der Waals surface area (Å²) in [6.07, 6.45) is 3.48. The van der Waals surface area contributed by atoms with E-state index in [0.717, 1.165) is 29.8 Å². The molecule has 0 spiro atoms. The van der Waals surface area contributed by atoms with Gasteiger partial charge in [-0.15, -0.1) is 0 Å². The van der Waals surface area contributed by atoms with E-state index < -0.39 is 0 Å². The lowest BCUT2D eigenvalue weighted by Gasteiger charge is -2.21. The van der Waals surface area contributed by atoms with Crippen LogP contribution in [0.15, 0.2) is 0 Å². The molecule has 2 aromatic heterocycles. The second-order valence-corrected chi connectivity index (χ2v) is 6.17. The van der Waals surface area contributed by atoms with Crippen molar-refractivity contribution in [2.45, 2.75) is 46.6 Å². The van der Waals surface area contributed by atoms with E-state index in [1.165, 1.54) is 12.8 Å². The molecule has 2 N–H and O–H groups in total. The summed E-state index contributed by atoms with van der Waals surface area (Å²) >= 11 is 0. The van der Waals surface area contributed by atoms with Gasteiger partial charge in [0.15, 0.2) is 5.65 Å². The molecule has 0 radical (unpaired) electrons. The second-order valence-electron chi connectivity index (χ2n) is 6.17. The zero-order valence-electron chi connectivity index (χ0n) is 12.3. The number of nitrogens with zero attached hydrogens (tertiary/aromatic N) is 4. The van der Waals surface area contributed by atoms with Crippen molar-refractivity contribution >= 4 is 17.1 Å². The Morgan fingerprint density at radius 3 is 2.58 bits per heavy atom. The van der Waals surface area contributed by atoms with Crippen LogP contribution in [0.25, 0.3) is 11.2 Å². The molecule has 0 aromatic carbocycles. The van der Waals surface area contributed by atoms with E-state index in [9.17, 15) is 0 Å². The molecule has 0 amide bonds. The summed E-state index contributed by atoms with van der Waals surface area (Å²) in [5, 5.41) is 4.54. The van der Waals surface area contributed by atoms with Crippen molar-refractivity contribution in [1.82, 2.24) is 19.3 Å². The Hall–Kier alpha value is -1.52. The molecule has 104 valence electrons. The van der Waals surface area contributed by atoms with Gasteiger partial charge in [-0.05, 0) is 30.6 Å². The van der Waals surface area contributed by atoms with Gasteiger partial charge < -0.3 is 5.73 Å². The van der Waals surface area contributed by atoms with Gasteiger partial charge in [0, 0.05) is 13.6 Å². The van der Waals surface area contributed by atoms with Gasteiger partial charge in [0.25, 0.3) is 0 Å². The average Bonchev–Trinajstić information content (AvgIpc) is 2.99. The Balaban J connectivity index is 2.08. The van der Waals surface area contributed by atoms with E-state index in [0.29, 0.717) is 17.3 Å². The third-order valence-electron chi connectivity index (χ3n) is 4.75. The lowest BCUT2D eigenvalue weighted by atomic mass is 9.92. The molecule has 1 aliphatic carbocycles. The van der Waals surface area contributed by atoms with Gasteiger partial charge in [0.2, 0.25) is 5.95 Å². The first kappa shape index (κ1) is 12.5. The number of nitrogens with two attached hydrogens (primary N) is 1. The maximum atomic E-state index is 6.14. The van der Waals surface area contributed by atoms with Crippen molar-refractivity contribution in [2.24, 2.45) is 18.4 Å². The highest BCUT2D eigenvalue weighted by molar-refractivity contribution is 5.77. The fraction of sp³-hybridized carbons (Fsp3) is 0.714. The molecular formula is C14H23N5. The smallest absolute Gasteiger partial charge is 0.202 e. The third-order valence-corrected chi connectivity index (χ3v) is 4.75. The normalized spacial score (nSPS) is 17.5. The highest BCUT2D eigenvalue weighted by atomic mass is 15.3. The molecule has 0 unspecified atom stereocenters. The first-order valence-corrected chi connectivity index (χ1v) is 7.16. The molecule has 1 fully saturated rings. The minimum absolute atomic E-state index is 0.415. The van der Waals surface area contributed by atoms with Crippen molar-refractivity contribution in [3.8, 4) is 0 Å². The summed E-state index contributed by atoms with van der Waals surface area (Å²) in [6, 6.07) is 0. The summed E-state index contributed by atoms with van der Waals surface area (Å²) < 4.78 is 4.09. The quantitative estimate of drug-likeness (QED) is 0.919. The van der Waals surface area contributed by atoms with Crippen molar-refractivity contribution in [3.05, 3.63) is 5.69 Å². The monoisotopic (exact) mass is 261 g/mol. The number of rotatable bonds is 4. The van der Waals surface area contributed by atoms with Crippen LogP contribution >= 0.6 is 0 Å². The fourth-order valence-corrected chi connectivity index (χ4v) is 3.05. The largest absolute Gasteiger partial charge is 0.369 e. The van der Waals surface area contributed by atoms with Gasteiger partial charge in [-0.1, -0.05) is 20.8 Å². The minimum atomic E-state index is 0.415. The summed E-state index contributed by atoms with van der Waals surface area (Å²) in [5.41, 5.74) is 9.64. The Morgan fingerprint density at radius 2 is 2.05 bits per heavy atom. The van der Waals surface area contributed by atoms with Crippen molar-refractivity contribution < 1.29 is 0 Å². The second kappa shape index (κ2) is 3.99. The predicted molar refractivity (Wildman–Crippen MR) is 76.8 cm³/mol. The van der Waals surface area contributed by atoms with Crippen molar-refractivity contribution in [2.75, 3.05) is 5.73 Å². The number of anilines is 1. The van der Waals surface area contributed by atoms with Gasteiger partial charge in [0.05, 0.1) is 5.69 Å². The van der Waals surface area contributed by atoms with E-state index in [4.69, 9.17) is 5.73 Å². The Bertz CT molecular complexity index is 615. The number of nitrogen functional groups attached to an aromatic ring is 1. The number of hydrogen-bond acceptors (Lipinski definition) is 3. The predicted octanol–water partition coefficient (Wildman–Crippen LogP) is 2.35. The van der Waals surface area contributed by atoms with Crippen LogP contribution in [0, 0.1) is 11.3 Å². The number of imidazole rings is 1. The number of aryl methyl sites for hydroxylation is 2. The van der Waals surface area contributed by atoms with Gasteiger partial charge in [-0.25, -0.2) is 4.98 Å². The van der Waals surface area contributed by atoms with Gasteiger partial charge >= 0.3 is 0 Å². The van der Waals surface area contributed by atoms with Crippen molar-refractivity contribution in [3.63, 3.8) is 0 Å². The topological polar surface area (TPSA) is 61.7 Å². The highest BCUT2D eigenvalue weighted by Crippen LogP contribution is 2.53. The van der Waals surface area contributed by atoms with E-state index in [1.807, 2.05) is 11.7 Å². The fourth-order valence-electron chi connectivity index (χ4n) is 3.05. The number of fused-ring (bicyclic) bond motifs is 1. The summed E-state index contributed by atoms with van der Waals surface area (Å²) in [7, 11) is 1.98. The SMILES string of the molecule is CCc1nn(C)c2c1nc(N)n2CC1(C(C)C)CC1. The molecular weight excluding hydrogens is 238 g/mol. The lowest BCUT2D eigenvalue weighted by molar-refractivity contribution is 0.312. The van der Waals surface area contributed by atoms with Gasteiger partial charge in [-0.2, -0.15) is 5.10 Å². The zero-order valence-corrected chi connectivity index (χ0v) is 12.3. The Kier molecular flexibility index (Phi) is 2.62. The van der Waals surface area contributed by atoms with E-state index in [1.54, 1.807) is 0 Å². The van der Waals surface area contributed by atoms with E-state index in [2.05, 4.69) is 35.4 Å². The zero-order chi connectivity index (χ0) is 13.8. The maximum Gasteiger partial charge on any atom is 0.202 e. The highest BCUT2D eigenvalue weighted by Gasteiger charge is 2.46. The number of aromatic nitrogens is 4. The van der Waals surface area contributed by atoms with Crippen LogP contribution in [0.3, 0.4) is 0 Å². The Morgan fingerprint density at radius 1 is 1.37 bits per heavy atom. The van der Waals surface area contributed by atoms with Gasteiger partial charge in [0.1, 0.15) is 5.52 Å². The molecule has 2 heterocycles. The molecule has 5 heteroatoms. The van der Waals surface area contributed by atoms with Crippen LogP contribution in [0.1, 0.15) is 39.3 Å². The molecule has 1 aliphatic rings. The van der Waals surface area contributed by atoms with Crippen molar-refractivity contribution in [1.29, 1.82) is 0 Å². The first-order valence-electron chi connectivity index (χ1n) is 7.16. The summed E-state index contributed by atoms with van der Waals surface area (Å²) in [5.74, 6) is 1.31. The molecule has 2 aromatic rings. The lowest BCUT2D eigenvalue weighted by Crippen LogP contribution is -2.19. The van der Waals surface area contributed by atoms with Crippen LogP contribution in [-0.4, -0.2) is 19.3 Å². The molecule has 19 heavy (non-hydrogen) atoms. The van der Waals surface area contributed by atoms with Crippen LogP contribution in [0.5, 0.6) is 0 Å². The molecule has 0 bridgehead atoms. The van der Waals surface area contributed by atoms with Gasteiger partial charge in [-0.3, -0.25) is 9.25 Å². The molecule has 0 atom stereocenters. The average molecular weight is 261 g/mol. The van der Waals surface area contributed by atoms with E-state index >= 15 is 0 Å².